The van der Waals surface area contributed by atoms with Crippen LogP contribution in [0.2, 0.25) is 0 Å². The Labute approximate surface area is 114 Å². The number of thiophene rings is 1. The fourth-order valence-corrected chi connectivity index (χ4v) is 2.86. The predicted octanol–water partition coefficient (Wildman–Crippen LogP) is 4.78. The maximum Gasteiger partial charge on any atom is 0.0292 e. The first kappa shape index (κ1) is 13.3. The van der Waals surface area contributed by atoms with Gasteiger partial charge in [0.15, 0.2) is 0 Å². The third-order valence-electron chi connectivity index (χ3n) is 3.26. The summed E-state index contributed by atoms with van der Waals surface area (Å²) in [5.41, 5.74) is 4.06. The summed E-state index contributed by atoms with van der Waals surface area (Å²) < 4.78 is 0. The van der Waals surface area contributed by atoms with Gasteiger partial charge in [0.25, 0.3) is 0 Å². The molecule has 96 valence electrons. The molecule has 0 amide bonds. The van der Waals surface area contributed by atoms with Crippen molar-refractivity contribution in [2.45, 2.75) is 33.2 Å². The highest BCUT2D eigenvalue weighted by Crippen LogP contribution is 2.29. The normalized spacial score (nSPS) is 12.6. The van der Waals surface area contributed by atoms with Gasteiger partial charge in [-0.05, 0) is 61.0 Å². The summed E-state index contributed by atoms with van der Waals surface area (Å²) in [5.74, 6) is 0. The molecule has 0 saturated heterocycles. The molecule has 0 aliphatic rings. The molecule has 1 atom stereocenters. The number of hydrogen-bond donors (Lipinski definition) is 1. The van der Waals surface area contributed by atoms with Crippen molar-refractivity contribution >= 4 is 11.3 Å². The van der Waals surface area contributed by atoms with Crippen LogP contribution >= 0.6 is 11.3 Å². The van der Waals surface area contributed by atoms with Gasteiger partial charge in [-0.15, -0.1) is 11.3 Å². The Bertz CT molecular complexity index is 501. The van der Waals surface area contributed by atoms with E-state index in [0.717, 1.165) is 6.54 Å². The van der Waals surface area contributed by atoms with Crippen molar-refractivity contribution in [3.8, 4) is 11.1 Å². The number of rotatable bonds is 5. The second-order valence-corrected chi connectivity index (χ2v) is 5.81. The van der Waals surface area contributed by atoms with E-state index in [9.17, 15) is 0 Å². The highest BCUT2D eigenvalue weighted by Gasteiger charge is 2.07. The van der Waals surface area contributed by atoms with Crippen molar-refractivity contribution in [2.24, 2.45) is 0 Å². The summed E-state index contributed by atoms with van der Waals surface area (Å²) in [7, 11) is 0. The smallest absolute Gasteiger partial charge is 0.0292 e. The number of hydrogen-bond acceptors (Lipinski definition) is 2. The van der Waals surface area contributed by atoms with E-state index < -0.39 is 0 Å². The first-order valence-corrected chi connectivity index (χ1v) is 7.48. The fourth-order valence-electron chi connectivity index (χ4n) is 2.14. The summed E-state index contributed by atoms with van der Waals surface area (Å²) in [6.45, 7) is 7.69. The third-order valence-corrected chi connectivity index (χ3v) is 4.10. The van der Waals surface area contributed by atoms with Gasteiger partial charge < -0.3 is 5.32 Å². The zero-order valence-electron chi connectivity index (χ0n) is 11.4. The third kappa shape index (κ3) is 3.01. The highest BCUT2D eigenvalue weighted by atomic mass is 32.1. The summed E-state index contributed by atoms with van der Waals surface area (Å²) >= 11 is 1.81. The molecule has 1 N–H and O–H groups in total. The van der Waals surface area contributed by atoms with Crippen LogP contribution in [-0.2, 0) is 0 Å². The molecule has 2 heteroatoms. The zero-order chi connectivity index (χ0) is 13.0. The highest BCUT2D eigenvalue weighted by molar-refractivity contribution is 7.10. The first-order valence-electron chi connectivity index (χ1n) is 6.60. The molecule has 1 nitrogen and oxygen atoms in total. The summed E-state index contributed by atoms with van der Waals surface area (Å²) in [6.07, 6.45) is 1.17. The number of aryl methyl sites for hydroxylation is 1. The molecule has 0 saturated carbocycles. The zero-order valence-corrected chi connectivity index (χ0v) is 12.2. The lowest BCUT2D eigenvalue weighted by Crippen LogP contribution is -2.19. The summed E-state index contributed by atoms with van der Waals surface area (Å²) in [6, 6.07) is 11.5. The molecule has 0 aliphatic carbocycles. The van der Waals surface area contributed by atoms with Crippen LogP contribution in [0, 0.1) is 6.92 Å². The van der Waals surface area contributed by atoms with E-state index in [0.29, 0.717) is 6.04 Å². The van der Waals surface area contributed by atoms with Gasteiger partial charge in [0.1, 0.15) is 0 Å². The van der Waals surface area contributed by atoms with Crippen molar-refractivity contribution in [2.75, 3.05) is 6.54 Å². The van der Waals surface area contributed by atoms with Crippen molar-refractivity contribution in [3.63, 3.8) is 0 Å². The van der Waals surface area contributed by atoms with Gasteiger partial charge in [0.2, 0.25) is 0 Å². The van der Waals surface area contributed by atoms with Gasteiger partial charge in [0, 0.05) is 10.9 Å². The van der Waals surface area contributed by atoms with E-state index in [4.69, 9.17) is 0 Å². The van der Waals surface area contributed by atoms with E-state index in [2.05, 4.69) is 61.8 Å². The van der Waals surface area contributed by atoms with Crippen LogP contribution in [0.25, 0.3) is 11.1 Å². The molecule has 0 aliphatic heterocycles. The Morgan fingerprint density at radius 2 is 2.11 bits per heavy atom. The molecule has 1 aromatic carbocycles. The molecule has 0 bridgehead atoms. The van der Waals surface area contributed by atoms with Gasteiger partial charge in [-0.2, -0.15) is 0 Å². The summed E-state index contributed by atoms with van der Waals surface area (Å²) in [4.78, 5) is 1.39. The van der Waals surface area contributed by atoms with Crippen molar-refractivity contribution in [3.05, 3.63) is 46.2 Å². The van der Waals surface area contributed by atoms with Gasteiger partial charge in [-0.25, -0.2) is 0 Å². The lowest BCUT2D eigenvalue weighted by molar-refractivity contribution is 0.571. The van der Waals surface area contributed by atoms with Crippen LogP contribution in [0.4, 0.5) is 0 Å². The van der Waals surface area contributed by atoms with Gasteiger partial charge in [-0.3, -0.25) is 0 Å². The Kier molecular flexibility index (Phi) is 4.56. The average Bonchev–Trinajstić information content (AvgIpc) is 2.82. The van der Waals surface area contributed by atoms with Crippen LogP contribution in [-0.4, -0.2) is 6.54 Å². The lowest BCUT2D eigenvalue weighted by atomic mass is 10.0. The standard InChI is InChI=1S/C16H21NS/c1-4-9-17-12(2)14-6-5-7-15(11-14)16-8-10-18-13(16)3/h5-8,10-12,17H,4,9H2,1-3H3. The van der Waals surface area contributed by atoms with Crippen LogP contribution in [0.1, 0.15) is 36.8 Å². The fraction of sp³-hybridized carbons (Fsp3) is 0.375. The Hall–Kier alpha value is -1.12. The topological polar surface area (TPSA) is 12.0 Å². The van der Waals surface area contributed by atoms with Crippen LogP contribution in [0.15, 0.2) is 35.7 Å². The largest absolute Gasteiger partial charge is 0.310 e. The van der Waals surface area contributed by atoms with Crippen LogP contribution < -0.4 is 5.32 Å². The molecule has 0 fully saturated rings. The first-order chi connectivity index (χ1) is 8.72. The molecule has 1 heterocycles. The molecular weight excluding hydrogens is 238 g/mol. The van der Waals surface area contributed by atoms with E-state index in [1.54, 1.807) is 0 Å². The molecular formula is C16H21NS. The number of benzene rings is 1. The van der Waals surface area contributed by atoms with Crippen molar-refractivity contribution < 1.29 is 0 Å². The van der Waals surface area contributed by atoms with Gasteiger partial charge in [0.05, 0.1) is 0 Å². The van der Waals surface area contributed by atoms with Crippen molar-refractivity contribution in [1.29, 1.82) is 0 Å². The predicted molar refractivity (Wildman–Crippen MR) is 81.2 cm³/mol. The quantitative estimate of drug-likeness (QED) is 0.814. The van der Waals surface area contributed by atoms with E-state index in [1.165, 1.54) is 28.0 Å². The molecule has 1 aromatic heterocycles. The van der Waals surface area contributed by atoms with Gasteiger partial charge >= 0.3 is 0 Å². The second-order valence-electron chi connectivity index (χ2n) is 4.69. The SMILES string of the molecule is CCCNC(C)c1cccc(-c2ccsc2C)c1. The maximum absolute atomic E-state index is 3.54. The molecule has 2 aromatic rings. The van der Waals surface area contributed by atoms with Gasteiger partial charge in [-0.1, -0.05) is 25.1 Å². The lowest BCUT2D eigenvalue weighted by Gasteiger charge is -2.14. The van der Waals surface area contributed by atoms with Crippen LogP contribution in [0.3, 0.4) is 0 Å². The summed E-state index contributed by atoms with van der Waals surface area (Å²) in [5, 5.41) is 5.70. The minimum absolute atomic E-state index is 0.420. The molecule has 1 unspecified atom stereocenters. The molecule has 0 spiro atoms. The molecule has 18 heavy (non-hydrogen) atoms. The number of nitrogens with one attached hydrogen (secondary N) is 1. The molecule has 0 radical (unpaired) electrons. The monoisotopic (exact) mass is 259 g/mol. The van der Waals surface area contributed by atoms with Crippen LogP contribution in [0.5, 0.6) is 0 Å². The van der Waals surface area contributed by atoms with Crippen molar-refractivity contribution in [1.82, 2.24) is 5.32 Å². The Morgan fingerprint density at radius 1 is 1.28 bits per heavy atom. The second kappa shape index (κ2) is 6.17. The minimum atomic E-state index is 0.420. The maximum atomic E-state index is 3.54. The van der Waals surface area contributed by atoms with E-state index in [1.807, 2.05) is 11.3 Å². The Balaban J connectivity index is 2.22. The Morgan fingerprint density at radius 3 is 2.78 bits per heavy atom. The van der Waals surface area contributed by atoms with E-state index in [-0.39, 0.29) is 0 Å². The van der Waals surface area contributed by atoms with E-state index >= 15 is 0 Å². The average molecular weight is 259 g/mol. The molecule has 2 rings (SSSR count). The minimum Gasteiger partial charge on any atom is -0.310 e.